The smallest absolute Gasteiger partial charge is 0.311 e. The lowest BCUT2D eigenvalue weighted by Gasteiger charge is -2.39. The standard InChI is InChI=1S/C13H20N2O3S/c1-18-7-4-13(12(16)17)3-2-6-15(10-13)9-11-14-5-8-19-11/h5,8H,2-4,6-7,9-10H2,1H3,(H,16,17)/t13-/m1/s1. The maximum atomic E-state index is 11.6. The number of carbonyl (C=O) groups is 1. The van der Waals surface area contributed by atoms with E-state index in [9.17, 15) is 9.90 Å². The number of piperidine rings is 1. The quantitative estimate of drug-likeness (QED) is 0.863. The molecule has 0 unspecified atom stereocenters. The minimum absolute atomic E-state index is 0.497. The number of methoxy groups -OCH3 is 1. The predicted octanol–water partition coefficient (Wildman–Crippen LogP) is 1.85. The van der Waals surface area contributed by atoms with E-state index in [0.29, 0.717) is 19.6 Å². The lowest BCUT2D eigenvalue weighted by atomic mass is 9.77. The molecule has 1 aromatic rings. The molecule has 1 saturated heterocycles. The summed E-state index contributed by atoms with van der Waals surface area (Å²) in [6.45, 7) is 2.78. The van der Waals surface area contributed by atoms with Gasteiger partial charge in [-0.05, 0) is 25.8 Å². The highest BCUT2D eigenvalue weighted by atomic mass is 32.1. The Bertz CT molecular complexity index is 410. The van der Waals surface area contributed by atoms with Crippen molar-refractivity contribution in [3.05, 3.63) is 16.6 Å². The van der Waals surface area contributed by atoms with Gasteiger partial charge < -0.3 is 9.84 Å². The summed E-state index contributed by atoms with van der Waals surface area (Å²) in [6.07, 6.45) is 4.02. The van der Waals surface area contributed by atoms with Crippen molar-refractivity contribution in [2.75, 3.05) is 26.8 Å². The topological polar surface area (TPSA) is 62.7 Å². The van der Waals surface area contributed by atoms with Gasteiger partial charge in [-0.15, -0.1) is 11.3 Å². The molecule has 0 radical (unpaired) electrons. The summed E-state index contributed by atoms with van der Waals surface area (Å²) < 4.78 is 5.07. The summed E-state index contributed by atoms with van der Waals surface area (Å²) in [6, 6.07) is 0. The van der Waals surface area contributed by atoms with Crippen molar-refractivity contribution in [1.82, 2.24) is 9.88 Å². The molecule has 106 valence electrons. The summed E-state index contributed by atoms with van der Waals surface area (Å²) >= 11 is 1.62. The van der Waals surface area contributed by atoms with Crippen LogP contribution in [0.25, 0.3) is 0 Å². The molecule has 1 fully saturated rings. The zero-order valence-electron chi connectivity index (χ0n) is 11.2. The Kier molecular flexibility index (Phi) is 4.90. The lowest BCUT2D eigenvalue weighted by molar-refractivity contribution is -0.154. The first-order chi connectivity index (χ1) is 9.16. The number of carboxylic acids is 1. The van der Waals surface area contributed by atoms with Crippen molar-refractivity contribution in [3.63, 3.8) is 0 Å². The molecule has 1 aliphatic rings. The van der Waals surface area contributed by atoms with Crippen LogP contribution in [0.4, 0.5) is 0 Å². The molecule has 19 heavy (non-hydrogen) atoms. The fourth-order valence-corrected chi connectivity index (χ4v) is 3.33. The van der Waals surface area contributed by atoms with E-state index < -0.39 is 11.4 Å². The van der Waals surface area contributed by atoms with Crippen LogP contribution in [0, 0.1) is 5.41 Å². The van der Waals surface area contributed by atoms with Crippen molar-refractivity contribution in [2.24, 2.45) is 5.41 Å². The Morgan fingerprint density at radius 1 is 1.68 bits per heavy atom. The zero-order valence-corrected chi connectivity index (χ0v) is 12.0. The van der Waals surface area contributed by atoms with Crippen LogP contribution < -0.4 is 0 Å². The molecule has 1 N–H and O–H groups in total. The van der Waals surface area contributed by atoms with Gasteiger partial charge in [-0.2, -0.15) is 0 Å². The zero-order chi connectivity index (χ0) is 13.7. The molecule has 1 atom stereocenters. The maximum absolute atomic E-state index is 11.6. The van der Waals surface area contributed by atoms with E-state index in [1.165, 1.54) is 0 Å². The number of thiazole rings is 1. The van der Waals surface area contributed by atoms with Crippen LogP contribution in [0.15, 0.2) is 11.6 Å². The Morgan fingerprint density at radius 2 is 2.53 bits per heavy atom. The van der Waals surface area contributed by atoms with Gasteiger partial charge in [-0.1, -0.05) is 0 Å². The van der Waals surface area contributed by atoms with Crippen LogP contribution in [0.5, 0.6) is 0 Å². The van der Waals surface area contributed by atoms with Crippen LogP contribution >= 0.6 is 11.3 Å². The number of likely N-dealkylation sites (tertiary alicyclic amines) is 1. The van der Waals surface area contributed by atoms with Gasteiger partial charge in [0.2, 0.25) is 0 Å². The number of nitrogens with zero attached hydrogens (tertiary/aromatic N) is 2. The molecule has 0 saturated carbocycles. The average molecular weight is 284 g/mol. The first kappa shape index (κ1) is 14.4. The third kappa shape index (κ3) is 3.52. The first-order valence-corrected chi connectivity index (χ1v) is 7.37. The molecule has 2 heterocycles. The van der Waals surface area contributed by atoms with Gasteiger partial charge in [0.1, 0.15) is 5.01 Å². The van der Waals surface area contributed by atoms with E-state index in [1.807, 2.05) is 5.38 Å². The number of aliphatic carboxylic acids is 1. The number of hydrogen-bond acceptors (Lipinski definition) is 5. The third-order valence-corrected chi connectivity index (χ3v) is 4.50. The molecule has 0 amide bonds. The van der Waals surface area contributed by atoms with E-state index in [2.05, 4.69) is 9.88 Å². The van der Waals surface area contributed by atoms with E-state index in [0.717, 1.165) is 30.9 Å². The van der Waals surface area contributed by atoms with Gasteiger partial charge in [-0.3, -0.25) is 9.69 Å². The predicted molar refractivity (Wildman–Crippen MR) is 73.2 cm³/mol. The van der Waals surface area contributed by atoms with E-state index in [-0.39, 0.29) is 0 Å². The van der Waals surface area contributed by atoms with Crippen LogP contribution in [0.1, 0.15) is 24.3 Å². The molecule has 1 aromatic heterocycles. The third-order valence-electron chi connectivity index (χ3n) is 3.74. The Labute approximate surface area is 117 Å². The van der Waals surface area contributed by atoms with Crippen molar-refractivity contribution >= 4 is 17.3 Å². The second-order valence-corrected chi connectivity index (χ2v) is 6.05. The number of ether oxygens (including phenoxy) is 1. The SMILES string of the molecule is COCC[C@]1(C(=O)O)CCCN(Cc2nccs2)C1. The molecule has 0 spiro atoms. The van der Waals surface area contributed by atoms with Gasteiger partial charge in [0.25, 0.3) is 0 Å². The first-order valence-electron chi connectivity index (χ1n) is 6.49. The normalized spacial score (nSPS) is 24.5. The molecule has 0 aromatic carbocycles. The second-order valence-electron chi connectivity index (χ2n) is 5.07. The van der Waals surface area contributed by atoms with Crippen LogP contribution in [0.3, 0.4) is 0 Å². The summed E-state index contributed by atoms with van der Waals surface area (Å²) in [5, 5.41) is 12.6. The van der Waals surface area contributed by atoms with Crippen LogP contribution in [0.2, 0.25) is 0 Å². The minimum Gasteiger partial charge on any atom is -0.481 e. The highest BCUT2D eigenvalue weighted by Gasteiger charge is 2.42. The molecule has 0 aliphatic carbocycles. The van der Waals surface area contributed by atoms with Gasteiger partial charge in [0.15, 0.2) is 0 Å². The number of carboxylic acid groups (broad SMARTS) is 1. The van der Waals surface area contributed by atoms with Crippen molar-refractivity contribution < 1.29 is 14.6 Å². The monoisotopic (exact) mass is 284 g/mol. The highest BCUT2D eigenvalue weighted by Crippen LogP contribution is 2.34. The highest BCUT2D eigenvalue weighted by molar-refractivity contribution is 7.09. The fraction of sp³-hybridized carbons (Fsp3) is 0.692. The van der Waals surface area contributed by atoms with Crippen molar-refractivity contribution in [3.8, 4) is 0 Å². The largest absolute Gasteiger partial charge is 0.481 e. The Balaban J connectivity index is 2.02. The van der Waals surface area contributed by atoms with Gasteiger partial charge in [0, 0.05) is 31.8 Å². The average Bonchev–Trinajstić information content (AvgIpc) is 2.89. The number of aromatic nitrogens is 1. The summed E-state index contributed by atoms with van der Waals surface area (Å²) in [4.78, 5) is 18.1. The Morgan fingerprint density at radius 3 is 3.16 bits per heavy atom. The van der Waals surface area contributed by atoms with Crippen LogP contribution in [-0.4, -0.2) is 47.8 Å². The van der Waals surface area contributed by atoms with E-state index in [4.69, 9.17) is 4.74 Å². The molecular weight excluding hydrogens is 264 g/mol. The van der Waals surface area contributed by atoms with E-state index >= 15 is 0 Å². The van der Waals surface area contributed by atoms with Gasteiger partial charge in [-0.25, -0.2) is 4.98 Å². The van der Waals surface area contributed by atoms with Crippen molar-refractivity contribution in [2.45, 2.75) is 25.8 Å². The van der Waals surface area contributed by atoms with Gasteiger partial charge in [0.05, 0.1) is 12.0 Å². The fourth-order valence-electron chi connectivity index (χ4n) is 2.67. The van der Waals surface area contributed by atoms with E-state index in [1.54, 1.807) is 24.6 Å². The number of hydrogen-bond donors (Lipinski definition) is 1. The van der Waals surface area contributed by atoms with Crippen molar-refractivity contribution in [1.29, 1.82) is 0 Å². The van der Waals surface area contributed by atoms with Crippen LogP contribution in [-0.2, 0) is 16.1 Å². The number of rotatable bonds is 6. The molecular formula is C13H20N2O3S. The summed E-state index contributed by atoms with van der Waals surface area (Å²) in [7, 11) is 1.62. The Hall–Kier alpha value is -0.980. The summed E-state index contributed by atoms with van der Waals surface area (Å²) in [5.41, 5.74) is -0.661. The molecule has 0 bridgehead atoms. The molecule has 1 aliphatic heterocycles. The second kappa shape index (κ2) is 6.45. The summed E-state index contributed by atoms with van der Waals surface area (Å²) in [5.74, 6) is -0.701. The molecule has 5 nitrogen and oxygen atoms in total. The lowest BCUT2D eigenvalue weighted by Crippen LogP contribution is -2.48. The molecule has 6 heteroatoms. The van der Waals surface area contributed by atoms with Gasteiger partial charge >= 0.3 is 5.97 Å². The molecule has 2 rings (SSSR count). The minimum atomic E-state index is -0.701. The maximum Gasteiger partial charge on any atom is 0.311 e.